The van der Waals surface area contributed by atoms with Crippen LogP contribution in [0.1, 0.15) is 11.1 Å². The summed E-state index contributed by atoms with van der Waals surface area (Å²) in [5.41, 5.74) is -0.0665. The largest absolute Gasteiger partial charge is 0.488 e. The Labute approximate surface area is 162 Å². The summed E-state index contributed by atoms with van der Waals surface area (Å²) in [7, 11) is -1.86. The first kappa shape index (κ1) is 20.9. The first-order chi connectivity index (χ1) is 13.4. The summed E-state index contributed by atoms with van der Waals surface area (Å²) in [5.74, 6) is 0. The minimum Gasteiger partial charge on any atom is -0.423 e. The van der Waals surface area contributed by atoms with E-state index in [9.17, 15) is 36.4 Å². The van der Waals surface area contributed by atoms with Gasteiger partial charge in [0, 0.05) is 0 Å². The molecule has 0 aliphatic carbocycles. The van der Waals surface area contributed by atoms with Crippen molar-refractivity contribution >= 4 is 12.6 Å². The Hall–Kier alpha value is -2.78. The molecular weight excluding hydrogens is 397 g/mol. The Morgan fingerprint density at radius 2 is 0.862 bits per heavy atom. The second kappa shape index (κ2) is 7.57. The highest BCUT2D eigenvalue weighted by molar-refractivity contribution is 6.58. The SMILES string of the molecule is OB(O)c1cc(-c2ccc(C(F)(F)F)cc2)cc(-c2ccc(C(F)(F)F)cc2)c1. The van der Waals surface area contributed by atoms with E-state index in [-0.39, 0.29) is 5.46 Å². The van der Waals surface area contributed by atoms with Gasteiger partial charge in [0.15, 0.2) is 0 Å². The summed E-state index contributed by atoms with van der Waals surface area (Å²) in [6, 6.07) is 12.9. The molecule has 150 valence electrons. The van der Waals surface area contributed by atoms with Crippen LogP contribution in [0.15, 0.2) is 66.7 Å². The molecule has 3 aromatic carbocycles. The molecule has 2 N–H and O–H groups in total. The summed E-state index contributed by atoms with van der Waals surface area (Å²) >= 11 is 0. The van der Waals surface area contributed by atoms with Gasteiger partial charge in [-0.15, -0.1) is 0 Å². The maximum Gasteiger partial charge on any atom is 0.488 e. The van der Waals surface area contributed by atoms with Crippen molar-refractivity contribution in [1.82, 2.24) is 0 Å². The molecule has 2 nitrogen and oxygen atoms in total. The van der Waals surface area contributed by atoms with Gasteiger partial charge in [-0.2, -0.15) is 26.3 Å². The molecule has 3 aromatic rings. The normalized spacial score (nSPS) is 12.1. The van der Waals surface area contributed by atoms with E-state index in [2.05, 4.69) is 0 Å². The van der Waals surface area contributed by atoms with Crippen molar-refractivity contribution in [2.24, 2.45) is 0 Å². The molecule has 0 saturated carbocycles. The van der Waals surface area contributed by atoms with Crippen molar-refractivity contribution in [3.8, 4) is 22.3 Å². The molecule has 0 heterocycles. The van der Waals surface area contributed by atoms with Gasteiger partial charge >= 0.3 is 19.5 Å². The van der Waals surface area contributed by atoms with E-state index in [1.807, 2.05) is 0 Å². The van der Waals surface area contributed by atoms with Gasteiger partial charge in [0.25, 0.3) is 0 Å². The van der Waals surface area contributed by atoms with Crippen LogP contribution in [0.5, 0.6) is 0 Å². The van der Waals surface area contributed by atoms with Crippen LogP contribution in [0.2, 0.25) is 0 Å². The third-order valence-electron chi connectivity index (χ3n) is 4.34. The lowest BCUT2D eigenvalue weighted by Crippen LogP contribution is -2.29. The van der Waals surface area contributed by atoms with E-state index in [0.29, 0.717) is 22.3 Å². The predicted molar refractivity (Wildman–Crippen MR) is 97.1 cm³/mol. The van der Waals surface area contributed by atoms with Gasteiger partial charge in [-0.1, -0.05) is 36.4 Å². The second-order valence-corrected chi connectivity index (χ2v) is 6.37. The minimum atomic E-state index is -4.49. The number of hydrogen-bond acceptors (Lipinski definition) is 2. The lowest BCUT2D eigenvalue weighted by atomic mass is 9.77. The molecule has 0 saturated heterocycles. The number of halogens is 6. The van der Waals surface area contributed by atoms with E-state index in [4.69, 9.17) is 0 Å². The molecule has 0 spiro atoms. The van der Waals surface area contributed by atoms with Crippen molar-refractivity contribution in [3.05, 3.63) is 77.9 Å². The molecule has 0 bridgehead atoms. The zero-order chi connectivity index (χ0) is 21.4. The van der Waals surface area contributed by atoms with Crippen molar-refractivity contribution in [1.29, 1.82) is 0 Å². The third-order valence-corrected chi connectivity index (χ3v) is 4.34. The van der Waals surface area contributed by atoms with E-state index in [1.54, 1.807) is 6.07 Å². The molecule has 3 rings (SSSR count). The van der Waals surface area contributed by atoms with Crippen LogP contribution < -0.4 is 5.46 Å². The van der Waals surface area contributed by atoms with Gasteiger partial charge in [0.2, 0.25) is 0 Å². The second-order valence-electron chi connectivity index (χ2n) is 6.37. The molecule has 0 radical (unpaired) electrons. The number of rotatable bonds is 3. The molecule has 0 unspecified atom stereocenters. The Balaban J connectivity index is 2.05. The van der Waals surface area contributed by atoms with Crippen molar-refractivity contribution in [3.63, 3.8) is 0 Å². The lowest BCUT2D eigenvalue weighted by molar-refractivity contribution is -0.138. The fourth-order valence-electron chi connectivity index (χ4n) is 2.84. The van der Waals surface area contributed by atoms with E-state index in [1.165, 1.54) is 36.4 Å². The van der Waals surface area contributed by atoms with Gasteiger partial charge in [-0.3, -0.25) is 0 Å². The molecular formula is C20H13BF6O2. The molecule has 0 aliphatic heterocycles. The maximum absolute atomic E-state index is 12.7. The van der Waals surface area contributed by atoms with Gasteiger partial charge in [-0.25, -0.2) is 0 Å². The summed E-state index contributed by atoms with van der Waals surface area (Å²) in [4.78, 5) is 0. The summed E-state index contributed by atoms with van der Waals surface area (Å²) in [6.45, 7) is 0. The highest BCUT2D eigenvalue weighted by Gasteiger charge is 2.31. The average Bonchev–Trinajstić information content (AvgIpc) is 2.66. The predicted octanol–water partition coefficient (Wildman–Crippen LogP) is 4.74. The van der Waals surface area contributed by atoms with E-state index < -0.39 is 30.6 Å². The molecule has 0 aliphatic rings. The number of alkyl halides is 6. The van der Waals surface area contributed by atoms with Gasteiger partial charge in [0.1, 0.15) is 0 Å². The fraction of sp³-hybridized carbons (Fsp3) is 0.100. The zero-order valence-corrected chi connectivity index (χ0v) is 14.6. The zero-order valence-electron chi connectivity index (χ0n) is 14.6. The van der Waals surface area contributed by atoms with Crippen LogP contribution in [-0.2, 0) is 12.4 Å². The first-order valence-corrected chi connectivity index (χ1v) is 8.31. The molecule has 0 aromatic heterocycles. The molecule has 9 heteroatoms. The first-order valence-electron chi connectivity index (χ1n) is 8.31. The van der Waals surface area contributed by atoms with Gasteiger partial charge < -0.3 is 10.0 Å². The lowest BCUT2D eigenvalue weighted by Gasteiger charge is -2.12. The topological polar surface area (TPSA) is 40.5 Å². The number of benzene rings is 3. The highest BCUT2D eigenvalue weighted by atomic mass is 19.4. The summed E-state index contributed by atoms with van der Waals surface area (Å²) in [6.07, 6.45) is -8.99. The molecule has 29 heavy (non-hydrogen) atoms. The maximum atomic E-state index is 12.7. The molecule has 0 atom stereocenters. The third kappa shape index (κ3) is 4.80. The Morgan fingerprint density at radius 3 is 1.14 bits per heavy atom. The molecule has 0 fully saturated rings. The van der Waals surface area contributed by atoms with Crippen LogP contribution in [0.25, 0.3) is 22.3 Å². The van der Waals surface area contributed by atoms with Gasteiger partial charge in [-0.05, 0) is 58.0 Å². The van der Waals surface area contributed by atoms with Crippen LogP contribution in [0, 0.1) is 0 Å². The van der Waals surface area contributed by atoms with Crippen LogP contribution >= 0.6 is 0 Å². The van der Waals surface area contributed by atoms with Crippen molar-refractivity contribution in [2.75, 3.05) is 0 Å². The Kier molecular flexibility index (Phi) is 5.47. The van der Waals surface area contributed by atoms with E-state index in [0.717, 1.165) is 24.3 Å². The minimum absolute atomic E-state index is 0.0531. The Bertz CT molecular complexity index is 918. The quantitative estimate of drug-likeness (QED) is 0.484. The van der Waals surface area contributed by atoms with Crippen LogP contribution in [-0.4, -0.2) is 17.2 Å². The fourth-order valence-corrected chi connectivity index (χ4v) is 2.84. The van der Waals surface area contributed by atoms with Crippen LogP contribution in [0.3, 0.4) is 0 Å². The van der Waals surface area contributed by atoms with Gasteiger partial charge in [0.05, 0.1) is 11.1 Å². The van der Waals surface area contributed by atoms with Crippen LogP contribution in [0.4, 0.5) is 26.3 Å². The molecule has 0 amide bonds. The highest BCUT2D eigenvalue weighted by Crippen LogP contribution is 2.33. The summed E-state index contributed by atoms with van der Waals surface area (Å²) in [5, 5.41) is 19.1. The summed E-state index contributed by atoms with van der Waals surface area (Å²) < 4.78 is 76.5. The van der Waals surface area contributed by atoms with E-state index >= 15 is 0 Å². The van der Waals surface area contributed by atoms with Crippen molar-refractivity contribution < 1.29 is 36.4 Å². The standard InChI is InChI=1S/C20H13BF6O2/c22-19(23,24)16-5-1-12(2-6-16)14-9-15(11-18(10-14)21(28)29)13-3-7-17(8-4-13)20(25,26)27/h1-11,28-29H. The smallest absolute Gasteiger partial charge is 0.423 e. The number of hydrogen-bond donors (Lipinski definition) is 2. The average molecular weight is 410 g/mol. The monoisotopic (exact) mass is 410 g/mol. The van der Waals surface area contributed by atoms with Crippen molar-refractivity contribution in [2.45, 2.75) is 12.4 Å². The Morgan fingerprint density at radius 1 is 0.517 bits per heavy atom.